The topological polar surface area (TPSA) is 42.4 Å². The average molecular weight is 270 g/mol. The molecule has 0 radical (unpaired) electrons. The van der Waals surface area contributed by atoms with Crippen LogP contribution in [-0.4, -0.2) is 30.0 Å². The molecule has 1 aromatic carbocycles. The fourth-order valence-electron chi connectivity index (χ4n) is 2.00. The molecule has 0 spiro atoms. The van der Waals surface area contributed by atoms with Crippen molar-refractivity contribution in [2.75, 3.05) is 14.2 Å². The predicted molar refractivity (Wildman–Crippen MR) is 77.2 cm³/mol. The van der Waals surface area contributed by atoms with E-state index in [0.717, 1.165) is 24.3 Å². The molecule has 104 valence electrons. The summed E-state index contributed by atoms with van der Waals surface area (Å²) in [4.78, 5) is 17.8. The number of pyridine rings is 1. The first-order chi connectivity index (χ1) is 9.69. The highest BCUT2D eigenvalue weighted by molar-refractivity contribution is 5.89. The summed E-state index contributed by atoms with van der Waals surface area (Å²) in [5, 5.41) is 0. The SMILES string of the molecule is COC(=O)c1ccc(CN(C)Cc2ccccn2)cc1. The molecule has 0 bridgehead atoms. The van der Waals surface area contributed by atoms with Gasteiger partial charge in [-0.25, -0.2) is 4.79 Å². The van der Waals surface area contributed by atoms with Crippen molar-refractivity contribution >= 4 is 5.97 Å². The molecule has 4 nitrogen and oxygen atoms in total. The van der Waals surface area contributed by atoms with Gasteiger partial charge in [-0.15, -0.1) is 0 Å². The van der Waals surface area contributed by atoms with Gasteiger partial charge in [0.1, 0.15) is 0 Å². The Morgan fingerprint density at radius 1 is 1.15 bits per heavy atom. The van der Waals surface area contributed by atoms with Crippen LogP contribution in [0, 0.1) is 0 Å². The molecule has 0 aliphatic heterocycles. The lowest BCUT2D eigenvalue weighted by Crippen LogP contribution is -2.18. The van der Waals surface area contributed by atoms with E-state index in [1.165, 1.54) is 7.11 Å². The first kappa shape index (κ1) is 14.2. The number of ether oxygens (including phenoxy) is 1. The normalized spacial score (nSPS) is 10.6. The molecule has 0 fully saturated rings. The van der Waals surface area contributed by atoms with Crippen LogP contribution < -0.4 is 0 Å². The van der Waals surface area contributed by atoms with E-state index in [4.69, 9.17) is 0 Å². The number of aromatic nitrogens is 1. The first-order valence-electron chi connectivity index (χ1n) is 6.45. The van der Waals surface area contributed by atoms with Gasteiger partial charge in [0.25, 0.3) is 0 Å². The molecular weight excluding hydrogens is 252 g/mol. The smallest absolute Gasteiger partial charge is 0.337 e. The molecule has 0 amide bonds. The molecule has 0 atom stereocenters. The van der Waals surface area contributed by atoms with Crippen LogP contribution in [-0.2, 0) is 17.8 Å². The van der Waals surface area contributed by atoms with Crippen molar-refractivity contribution < 1.29 is 9.53 Å². The molecule has 1 heterocycles. The van der Waals surface area contributed by atoms with E-state index in [2.05, 4.69) is 14.6 Å². The van der Waals surface area contributed by atoms with Gasteiger partial charge in [0.15, 0.2) is 0 Å². The Labute approximate surface area is 119 Å². The molecule has 0 saturated carbocycles. The Morgan fingerprint density at radius 3 is 2.50 bits per heavy atom. The second kappa shape index (κ2) is 6.82. The van der Waals surface area contributed by atoms with Crippen molar-refractivity contribution in [3.05, 3.63) is 65.5 Å². The molecule has 0 unspecified atom stereocenters. The zero-order chi connectivity index (χ0) is 14.4. The highest BCUT2D eigenvalue weighted by Crippen LogP contribution is 2.09. The number of rotatable bonds is 5. The molecule has 4 heteroatoms. The van der Waals surface area contributed by atoms with Gasteiger partial charge in [-0.2, -0.15) is 0 Å². The van der Waals surface area contributed by atoms with Crippen LogP contribution in [0.25, 0.3) is 0 Å². The fourth-order valence-corrected chi connectivity index (χ4v) is 2.00. The Morgan fingerprint density at radius 2 is 1.90 bits per heavy atom. The maximum absolute atomic E-state index is 11.3. The minimum Gasteiger partial charge on any atom is -0.465 e. The third-order valence-corrected chi connectivity index (χ3v) is 2.99. The van der Waals surface area contributed by atoms with Crippen LogP contribution in [0.5, 0.6) is 0 Å². The van der Waals surface area contributed by atoms with Gasteiger partial charge in [0, 0.05) is 19.3 Å². The number of nitrogens with zero attached hydrogens (tertiary/aromatic N) is 2. The third kappa shape index (κ3) is 3.90. The summed E-state index contributed by atoms with van der Waals surface area (Å²) in [6.45, 7) is 1.59. The van der Waals surface area contributed by atoms with Gasteiger partial charge in [-0.05, 0) is 36.9 Å². The molecule has 0 N–H and O–H groups in total. The van der Waals surface area contributed by atoms with Crippen molar-refractivity contribution in [3.63, 3.8) is 0 Å². The molecule has 0 aliphatic carbocycles. The summed E-state index contributed by atoms with van der Waals surface area (Å²) in [5.41, 5.74) is 2.76. The summed E-state index contributed by atoms with van der Waals surface area (Å²) < 4.78 is 4.68. The Hall–Kier alpha value is -2.20. The van der Waals surface area contributed by atoms with Crippen molar-refractivity contribution in [3.8, 4) is 0 Å². The zero-order valence-electron chi connectivity index (χ0n) is 11.7. The quantitative estimate of drug-likeness (QED) is 0.783. The predicted octanol–water partition coefficient (Wildman–Crippen LogP) is 2.50. The minimum absolute atomic E-state index is 0.307. The second-order valence-corrected chi connectivity index (χ2v) is 4.68. The van der Waals surface area contributed by atoms with Gasteiger partial charge < -0.3 is 4.74 Å². The number of carbonyl (C=O) groups is 1. The van der Waals surface area contributed by atoms with Crippen LogP contribution in [0.2, 0.25) is 0 Å². The van der Waals surface area contributed by atoms with Crippen LogP contribution in [0.4, 0.5) is 0 Å². The van der Waals surface area contributed by atoms with E-state index < -0.39 is 0 Å². The van der Waals surface area contributed by atoms with Gasteiger partial charge in [-0.1, -0.05) is 18.2 Å². The fraction of sp³-hybridized carbons (Fsp3) is 0.250. The first-order valence-corrected chi connectivity index (χ1v) is 6.45. The highest BCUT2D eigenvalue weighted by atomic mass is 16.5. The summed E-state index contributed by atoms with van der Waals surface area (Å²) in [7, 11) is 3.43. The summed E-state index contributed by atoms with van der Waals surface area (Å²) in [6, 6.07) is 13.4. The van der Waals surface area contributed by atoms with Gasteiger partial charge >= 0.3 is 5.97 Å². The number of carbonyl (C=O) groups excluding carboxylic acids is 1. The lowest BCUT2D eigenvalue weighted by Gasteiger charge is -2.16. The van der Waals surface area contributed by atoms with Crippen LogP contribution >= 0.6 is 0 Å². The summed E-state index contributed by atoms with van der Waals surface area (Å²) in [5.74, 6) is -0.307. The largest absolute Gasteiger partial charge is 0.465 e. The lowest BCUT2D eigenvalue weighted by atomic mass is 10.1. The minimum atomic E-state index is -0.307. The molecule has 20 heavy (non-hydrogen) atoms. The summed E-state index contributed by atoms with van der Waals surface area (Å²) >= 11 is 0. The van der Waals surface area contributed by atoms with E-state index >= 15 is 0 Å². The molecular formula is C16H18N2O2. The van der Waals surface area contributed by atoms with Crippen LogP contribution in [0.3, 0.4) is 0 Å². The number of esters is 1. The maximum Gasteiger partial charge on any atom is 0.337 e. The number of hydrogen-bond donors (Lipinski definition) is 0. The van der Waals surface area contributed by atoms with E-state index in [0.29, 0.717) is 5.56 Å². The second-order valence-electron chi connectivity index (χ2n) is 4.68. The third-order valence-electron chi connectivity index (χ3n) is 2.99. The van der Waals surface area contributed by atoms with Crippen molar-refractivity contribution in [2.45, 2.75) is 13.1 Å². The molecule has 2 rings (SSSR count). The van der Waals surface area contributed by atoms with Crippen LogP contribution in [0.15, 0.2) is 48.7 Å². The van der Waals surface area contributed by atoms with Crippen LogP contribution in [0.1, 0.15) is 21.6 Å². The highest BCUT2D eigenvalue weighted by Gasteiger charge is 2.06. The summed E-state index contributed by atoms with van der Waals surface area (Å²) in [6.07, 6.45) is 1.80. The van der Waals surface area contributed by atoms with Crippen molar-refractivity contribution in [1.82, 2.24) is 9.88 Å². The Balaban J connectivity index is 1.94. The number of hydrogen-bond acceptors (Lipinski definition) is 4. The lowest BCUT2D eigenvalue weighted by molar-refractivity contribution is 0.0600. The van der Waals surface area contributed by atoms with E-state index in [1.807, 2.05) is 37.4 Å². The number of benzene rings is 1. The van der Waals surface area contributed by atoms with Crippen molar-refractivity contribution in [2.24, 2.45) is 0 Å². The monoisotopic (exact) mass is 270 g/mol. The van der Waals surface area contributed by atoms with Gasteiger partial charge in [0.2, 0.25) is 0 Å². The van der Waals surface area contributed by atoms with E-state index in [-0.39, 0.29) is 5.97 Å². The van der Waals surface area contributed by atoms with Gasteiger partial charge in [0.05, 0.1) is 18.4 Å². The molecule has 2 aromatic rings. The zero-order valence-corrected chi connectivity index (χ0v) is 11.7. The molecule has 0 saturated heterocycles. The Bertz CT molecular complexity index is 552. The van der Waals surface area contributed by atoms with E-state index in [9.17, 15) is 4.79 Å². The average Bonchev–Trinajstić information content (AvgIpc) is 2.48. The van der Waals surface area contributed by atoms with Gasteiger partial charge in [-0.3, -0.25) is 9.88 Å². The standard InChI is InChI=1S/C16H18N2O2/c1-18(12-15-5-3-4-10-17-15)11-13-6-8-14(9-7-13)16(19)20-2/h3-10H,11-12H2,1-2H3. The van der Waals surface area contributed by atoms with Crippen molar-refractivity contribution in [1.29, 1.82) is 0 Å². The number of methoxy groups -OCH3 is 1. The Kier molecular flexibility index (Phi) is 4.85. The van der Waals surface area contributed by atoms with E-state index in [1.54, 1.807) is 18.3 Å². The maximum atomic E-state index is 11.3. The molecule has 1 aromatic heterocycles. The molecule has 0 aliphatic rings.